The zero-order valence-electron chi connectivity index (χ0n) is 26.5. The number of methoxy groups -OCH3 is 2. The maximum Gasteiger partial charge on any atom is 0.125 e. The Bertz CT molecular complexity index is 1440. The average Bonchev–Trinajstić information content (AvgIpc) is 2.99. The van der Waals surface area contributed by atoms with Gasteiger partial charge in [0, 0.05) is 16.0 Å². The maximum atomic E-state index is 9.82. The number of aromatic hydroxyl groups is 2. The van der Waals surface area contributed by atoms with E-state index in [1.54, 1.807) is 38.5 Å². The molecule has 8 aliphatic carbocycles. The third-order valence-corrected chi connectivity index (χ3v) is 12.1. The predicted octanol–water partition coefficient (Wildman–Crippen LogP) is 7.90. The molecule has 45 heavy (non-hydrogen) atoms. The third-order valence-electron chi connectivity index (χ3n) is 11.7. The van der Waals surface area contributed by atoms with E-state index in [9.17, 15) is 10.2 Å². The number of halogens is 1. The number of phenolic OH excluding ortho intramolecular Hbond substituents is 2. The zero-order chi connectivity index (χ0) is 31.3. The van der Waals surface area contributed by atoms with Gasteiger partial charge < -0.3 is 29.5 Å². The van der Waals surface area contributed by atoms with E-state index >= 15 is 0 Å². The molecule has 8 fully saturated rings. The number of ether oxygens (including phenoxy) is 3. The summed E-state index contributed by atoms with van der Waals surface area (Å²) in [5.41, 5.74) is 4.78. The van der Waals surface area contributed by atoms with Crippen LogP contribution in [0.5, 0.6) is 11.5 Å². The van der Waals surface area contributed by atoms with Crippen LogP contribution in [-0.4, -0.2) is 53.2 Å². The number of alkyl halides is 1. The lowest BCUT2D eigenvalue weighted by Gasteiger charge is -2.57. The first-order valence-corrected chi connectivity index (χ1v) is 17.2. The van der Waals surface area contributed by atoms with Gasteiger partial charge in [0.15, 0.2) is 0 Å². The van der Waals surface area contributed by atoms with E-state index in [-0.39, 0.29) is 22.8 Å². The van der Waals surface area contributed by atoms with Crippen molar-refractivity contribution in [2.75, 3.05) is 27.4 Å². The molecule has 2 aromatic carbocycles. The molecule has 0 heterocycles. The molecule has 0 spiro atoms. The lowest BCUT2D eigenvalue weighted by Crippen LogP contribution is -2.53. The molecule has 10 rings (SSSR count). The first kappa shape index (κ1) is 31.0. The van der Waals surface area contributed by atoms with Crippen LogP contribution in [0.1, 0.15) is 75.3 Å². The largest absolute Gasteiger partial charge is 0.508 e. The van der Waals surface area contributed by atoms with E-state index < -0.39 is 0 Å². The van der Waals surface area contributed by atoms with Gasteiger partial charge in [0.25, 0.3) is 0 Å². The Labute approximate surface area is 272 Å². The van der Waals surface area contributed by atoms with Gasteiger partial charge in [-0.05, 0) is 135 Å². The molecule has 3 N–H and O–H groups in total. The Balaban J connectivity index is 0.000000146. The molecule has 0 aliphatic heterocycles. The van der Waals surface area contributed by atoms with Gasteiger partial charge in [0.2, 0.25) is 0 Å². The van der Waals surface area contributed by atoms with E-state index in [0.717, 1.165) is 66.6 Å². The number of hydrogen-bond donors (Lipinski definition) is 3. The van der Waals surface area contributed by atoms with Crippen LogP contribution in [0.2, 0.25) is 0 Å². The van der Waals surface area contributed by atoms with Crippen molar-refractivity contribution in [3.05, 3.63) is 70.8 Å². The van der Waals surface area contributed by atoms with Gasteiger partial charge in [-0.3, -0.25) is 0 Å². The zero-order valence-corrected chi connectivity index (χ0v) is 27.3. The molecular formula is C38H47ClO6. The van der Waals surface area contributed by atoms with E-state index in [4.69, 9.17) is 30.9 Å². The minimum atomic E-state index is -0.0413. The van der Waals surface area contributed by atoms with Crippen molar-refractivity contribution in [1.29, 1.82) is 0 Å². The monoisotopic (exact) mass is 634 g/mol. The fourth-order valence-electron chi connectivity index (χ4n) is 10.7. The molecule has 4 unspecified atom stereocenters. The van der Waals surface area contributed by atoms with Crippen LogP contribution >= 0.6 is 11.6 Å². The lowest BCUT2D eigenvalue weighted by molar-refractivity contribution is -0.149. The fraction of sp³-hybridized carbons (Fsp3) is 0.579. The van der Waals surface area contributed by atoms with Crippen molar-refractivity contribution in [3.8, 4) is 11.5 Å². The summed E-state index contributed by atoms with van der Waals surface area (Å²) in [6.07, 6.45) is 11.5. The van der Waals surface area contributed by atoms with E-state index in [1.807, 2.05) is 24.3 Å². The van der Waals surface area contributed by atoms with Gasteiger partial charge in [-0.1, -0.05) is 24.3 Å². The molecule has 242 valence electrons. The van der Waals surface area contributed by atoms with Gasteiger partial charge in [-0.15, -0.1) is 11.6 Å². The summed E-state index contributed by atoms with van der Waals surface area (Å²) < 4.78 is 17.7. The summed E-state index contributed by atoms with van der Waals surface area (Å²) in [6, 6.07) is 14.8. The van der Waals surface area contributed by atoms with E-state index in [0.29, 0.717) is 36.0 Å². The summed E-state index contributed by atoms with van der Waals surface area (Å²) in [5.74, 6) is 6.11. The molecule has 8 saturated carbocycles. The number of benzene rings is 2. The second-order valence-corrected chi connectivity index (χ2v) is 15.5. The standard InChI is InChI=1S/C20H26O4.C18H21ClO2/c1-23-19(14-3-2-4-17(22)9-14)18-15-7-13-8-16(18)12-20(10-13,11-15)24-6-5-21;1-21-17(12-3-2-4-15(20)7-12)16-13-5-11-6-14(16)10-18(19,8-11)9-13/h2-4,9,13,15-16,21-22H,5-8,10-12H2,1H3;2-4,7,11,13-14,20H,5-6,8-10H2,1H3. The molecule has 0 aromatic heterocycles. The number of phenols is 2. The van der Waals surface area contributed by atoms with Crippen LogP contribution < -0.4 is 0 Å². The fourth-order valence-corrected chi connectivity index (χ4v) is 11.3. The highest BCUT2D eigenvalue weighted by Crippen LogP contribution is 2.62. The predicted molar refractivity (Wildman–Crippen MR) is 176 cm³/mol. The Morgan fingerprint density at radius 1 is 0.711 bits per heavy atom. The minimum absolute atomic E-state index is 0.0394. The maximum absolute atomic E-state index is 9.82. The number of aliphatic hydroxyl groups excluding tert-OH is 1. The highest BCUT2D eigenvalue weighted by molar-refractivity contribution is 6.24. The van der Waals surface area contributed by atoms with Crippen LogP contribution in [0, 0.1) is 35.5 Å². The number of rotatable bonds is 7. The Kier molecular flexibility index (Phi) is 8.37. The molecule has 0 saturated heterocycles. The van der Waals surface area contributed by atoms with Gasteiger partial charge in [0.05, 0.1) is 33.0 Å². The summed E-state index contributed by atoms with van der Waals surface area (Å²) in [7, 11) is 3.48. The second kappa shape index (κ2) is 12.2. The van der Waals surface area contributed by atoms with Gasteiger partial charge in [-0.25, -0.2) is 0 Å². The van der Waals surface area contributed by atoms with Crippen LogP contribution in [0.4, 0.5) is 0 Å². The summed E-state index contributed by atoms with van der Waals surface area (Å²) in [4.78, 5) is 0.0394. The quantitative estimate of drug-likeness (QED) is 0.212. The van der Waals surface area contributed by atoms with Gasteiger partial charge in [-0.2, -0.15) is 0 Å². The van der Waals surface area contributed by atoms with Crippen LogP contribution in [0.3, 0.4) is 0 Å². The van der Waals surface area contributed by atoms with Crippen molar-refractivity contribution in [3.63, 3.8) is 0 Å². The highest BCUT2D eigenvalue weighted by atomic mass is 35.5. The van der Waals surface area contributed by atoms with Crippen molar-refractivity contribution in [2.24, 2.45) is 35.5 Å². The van der Waals surface area contributed by atoms with E-state index in [1.165, 1.54) is 43.3 Å². The summed E-state index contributed by atoms with van der Waals surface area (Å²) in [6.45, 7) is 0.534. The smallest absolute Gasteiger partial charge is 0.125 e. The normalized spacial score (nSPS) is 35.2. The molecule has 4 atom stereocenters. The average molecular weight is 635 g/mol. The minimum Gasteiger partial charge on any atom is -0.508 e. The topological polar surface area (TPSA) is 88.4 Å². The van der Waals surface area contributed by atoms with Gasteiger partial charge >= 0.3 is 0 Å². The molecule has 7 heteroatoms. The number of allylic oxidation sites excluding steroid dienone is 2. The third kappa shape index (κ3) is 5.87. The van der Waals surface area contributed by atoms with Crippen LogP contribution in [0.15, 0.2) is 59.7 Å². The summed E-state index contributed by atoms with van der Waals surface area (Å²) in [5, 5.41) is 28.7. The summed E-state index contributed by atoms with van der Waals surface area (Å²) >= 11 is 6.81. The SMILES string of the molecule is COC(=C1C2CC3CC1CC(Cl)(C3)C2)c1cccc(O)c1.COC(=C1C2CC3CC1CC(OCCO)(C3)C2)c1cccc(O)c1. The van der Waals surface area contributed by atoms with Crippen molar-refractivity contribution in [1.82, 2.24) is 0 Å². The highest BCUT2D eigenvalue weighted by Gasteiger charge is 2.55. The lowest BCUT2D eigenvalue weighted by atomic mass is 9.52. The molecule has 8 aliphatic rings. The van der Waals surface area contributed by atoms with Crippen molar-refractivity contribution < 1.29 is 29.5 Å². The first-order chi connectivity index (χ1) is 21.7. The molecule has 8 bridgehead atoms. The van der Waals surface area contributed by atoms with E-state index in [2.05, 4.69) is 0 Å². The Morgan fingerprint density at radius 3 is 1.60 bits per heavy atom. The number of aliphatic hydroxyl groups is 1. The van der Waals surface area contributed by atoms with Crippen molar-refractivity contribution >= 4 is 23.1 Å². The molecule has 0 amide bonds. The molecular weight excluding hydrogens is 588 g/mol. The van der Waals surface area contributed by atoms with Crippen LogP contribution in [0.25, 0.3) is 11.5 Å². The first-order valence-electron chi connectivity index (χ1n) is 16.8. The molecule has 6 nitrogen and oxygen atoms in total. The van der Waals surface area contributed by atoms with Gasteiger partial charge in [0.1, 0.15) is 23.0 Å². The van der Waals surface area contributed by atoms with Crippen LogP contribution in [-0.2, 0) is 14.2 Å². The molecule has 0 radical (unpaired) electrons. The molecule has 2 aromatic rings. The Morgan fingerprint density at radius 2 is 1.18 bits per heavy atom. The second-order valence-electron chi connectivity index (χ2n) is 14.7. The number of hydrogen-bond acceptors (Lipinski definition) is 6. The Hall–Kier alpha value is -2.67. The van der Waals surface area contributed by atoms with Crippen molar-refractivity contribution in [2.45, 2.75) is 74.7 Å².